The van der Waals surface area contributed by atoms with Crippen molar-refractivity contribution in [2.75, 3.05) is 0 Å². The first-order chi connectivity index (χ1) is 11.5. The second-order valence-corrected chi connectivity index (χ2v) is 6.13. The maximum Gasteiger partial charge on any atom is 0.271 e. The van der Waals surface area contributed by atoms with Crippen LogP contribution in [0.15, 0.2) is 48.0 Å². The quantitative estimate of drug-likeness (QED) is 0.572. The van der Waals surface area contributed by atoms with Gasteiger partial charge in [0.2, 0.25) is 5.69 Å². The molecule has 24 heavy (non-hydrogen) atoms. The Morgan fingerprint density at radius 3 is 2.96 bits per heavy atom. The number of carbonyl (C=O) groups is 1. The second kappa shape index (κ2) is 6.94. The van der Waals surface area contributed by atoms with Crippen LogP contribution in [0.2, 0.25) is 5.02 Å². The first kappa shape index (κ1) is 16.4. The summed E-state index contributed by atoms with van der Waals surface area (Å²) in [6.45, 7) is 0.0956. The van der Waals surface area contributed by atoms with E-state index in [1.807, 2.05) is 0 Å². The van der Waals surface area contributed by atoms with E-state index in [-0.39, 0.29) is 17.3 Å². The van der Waals surface area contributed by atoms with Gasteiger partial charge >= 0.3 is 0 Å². The third-order valence-electron chi connectivity index (χ3n) is 3.24. The number of benzene rings is 1. The molecule has 2 aromatic heterocycles. The van der Waals surface area contributed by atoms with Crippen molar-refractivity contribution in [3.05, 3.63) is 75.4 Å². The van der Waals surface area contributed by atoms with Crippen LogP contribution in [0.4, 0.5) is 4.39 Å². The summed E-state index contributed by atoms with van der Waals surface area (Å²) < 4.78 is 13.9. The molecule has 0 spiro atoms. The Labute approximate surface area is 145 Å². The number of nitrogens with zero attached hydrogens (tertiary/aromatic N) is 2. The van der Waals surface area contributed by atoms with Crippen molar-refractivity contribution in [1.29, 1.82) is 0 Å². The van der Waals surface area contributed by atoms with Crippen LogP contribution in [0, 0.1) is 11.0 Å². The number of halogens is 2. The van der Waals surface area contributed by atoms with Gasteiger partial charge in [0.1, 0.15) is 23.1 Å². The lowest BCUT2D eigenvalue weighted by Gasteiger charge is -2.04. The van der Waals surface area contributed by atoms with Crippen LogP contribution >= 0.6 is 22.9 Å². The molecule has 8 heteroatoms. The molecule has 0 radical (unpaired) electrons. The number of hydrogen-bond acceptors (Lipinski definition) is 4. The Morgan fingerprint density at radius 2 is 2.21 bits per heavy atom. The summed E-state index contributed by atoms with van der Waals surface area (Å²) >= 11 is 7.01. The molecule has 2 heterocycles. The van der Waals surface area contributed by atoms with Crippen LogP contribution in [0.1, 0.15) is 16.2 Å². The highest BCUT2D eigenvalue weighted by molar-refractivity contribution is 7.13. The minimum atomic E-state index is -0.510. The Hall–Kier alpha value is -2.51. The number of amides is 1. The van der Waals surface area contributed by atoms with E-state index >= 15 is 0 Å². The molecular weight excluding hydrogens is 353 g/mol. The van der Waals surface area contributed by atoms with Gasteiger partial charge in [-0.15, -0.1) is 11.3 Å². The zero-order valence-electron chi connectivity index (χ0n) is 12.2. The summed E-state index contributed by atoms with van der Waals surface area (Å²) in [5.41, 5.74) is 1.28. The third kappa shape index (κ3) is 3.52. The van der Waals surface area contributed by atoms with Gasteiger partial charge in [0, 0.05) is 23.1 Å². The van der Waals surface area contributed by atoms with Crippen LogP contribution in [0.25, 0.3) is 10.6 Å². The maximum atomic E-state index is 13.2. The SMILES string of the molecule is O=C(NCc1cccc[n+]1[O-])c1csc(-c2ccc(F)c(Cl)c2)n1. The predicted molar refractivity (Wildman–Crippen MR) is 89.1 cm³/mol. The van der Waals surface area contributed by atoms with Crippen LogP contribution in [-0.4, -0.2) is 10.9 Å². The average molecular weight is 364 g/mol. The van der Waals surface area contributed by atoms with Crippen molar-refractivity contribution in [3.63, 3.8) is 0 Å². The molecule has 0 aliphatic heterocycles. The molecule has 3 rings (SSSR count). The Bertz CT molecular complexity index is 901. The predicted octanol–water partition coefficient (Wildman–Crippen LogP) is 3.17. The number of carbonyl (C=O) groups excluding carboxylic acids is 1. The summed E-state index contributed by atoms with van der Waals surface area (Å²) in [4.78, 5) is 16.4. The van der Waals surface area contributed by atoms with Gasteiger partial charge in [-0.05, 0) is 24.3 Å². The van der Waals surface area contributed by atoms with Gasteiger partial charge in [-0.1, -0.05) is 11.6 Å². The lowest BCUT2D eigenvalue weighted by molar-refractivity contribution is -0.614. The highest BCUT2D eigenvalue weighted by Crippen LogP contribution is 2.27. The van der Waals surface area contributed by atoms with Crippen LogP contribution in [0.5, 0.6) is 0 Å². The van der Waals surface area contributed by atoms with Gasteiger partial charge in [-0.25, -0.2) is 9.37 Å². The van der Waals surface area contributed by atoms with Crippen LogP contribution < -0.4 is 10.0 Å². The molecule has 0 aliphatic rings. The molecule has 0 atom stereocenters. The van der Waals surface area contributed by atoms with Gasteiger partial charge in [-0.2, -0.15) is 4.73 Å². The molecule has 0 unspecified atom stereocenters. The van der Waals surface area contributed by atoms with Crippen LogP contribution in [0.3, 0.4) is 0 Å². The van der Waals surface area contributed by atoms with Crippen molar-refractivity contribution in [1.82, 2.24) is 10.3 Å². The summed E-state index contributed by atoms with van der Waals surface area (Å²) in [5.74, 6) is -0.904. The van der Waals surface area contributed by atoms with E-state index in [0.29, 0.717) is 21.0 Å². The largest absolute Gasteiger partial charge is 0.618 e. The van der Waals surface area contributed by atoms with E-state index < -0.39 is 11.7 Å². The smallest absolute Gasteiger partial charge is 0.271 e. The molecule has 0 saturated carbocycles. The fourth-order valence-corrected chi connectivity index (χ4v) is 2.98. The topological polar surface area (TPSA) is 68.9 Å². The van der Waals surface area contributed by atoms with E-state index in [2.05, 4.69) is 10.3 Å². The Morgan fingerprint density at radius 1 is 1.38 bits per heavy atom. The van der Waals surface area contributed by atoms with E-state index in [1.54, 1.807) is 29.6 Å². The molecule has 0 bridgehead atoms. The molecule has 122 valence electrons. The van der Waals surface area contributed by atoms with E-state index in [4.69, 9.17) is 11.6 Å². The minimum absolute atomic E-state index is 0.00206. The number of thiazole rings is 1. The van der Waals surface area contributed by atoms with Crippen molar-refractivity contribution in [3.8, 4) is 10.6 Å². The van der Waals surface area contributed by atoms with Gasteiger partial charge in [-0.3, -0.25) is 4.79 Å². The lowest BCUT2D eigenvalue weighted by atomic mass is 10.2. The number of nitrogens with one attached hydrogen (secondary N) is 1. The van der Waals surface area contributed by atoms with E-state index in [0.717, 1.165) is 0 Å². The second-order valence-electron chi connectivity index (χ2n) is 4.87. The fourth-order valence-electron chi connectivity index (χ4n) is 2.00. The van der Waals surface area contributed by atoms with Gasteiger partial charge in [0.25, 0.3) is 5.91 Å². The van der Waals surface area contributed by atoms with Gasteiger partial charge < -0.3 is 10.5 Å². The molecule has 0 saturated heterocycles. The van der Waals surface area contributed by atoms with Crippen molar-refractivity contribution >= 4 is 28.8 Å². The van der Waals surface area contributed by atoms with Gasteiger partial charge in [0.15, 0.2) is 6.20 Å². The number of rotatable bonds is 4. The summed E-state index contributed by atoms with van der Waals surface area (Å²) in [6, 6.07) is 9.21. The lowest BCUT2D eigenvalue weighted by Crippen LogP contribution is -2.35. The van der Waals surface area contributed by atoms with Gasteiger partial charge in [0.05, 0.1) is 5.02 Å². The monoisotopic (exact) mass is 363 g/mol. The molecule has 1 aromatic carbocycles. The van der Waals surface area contributed by atoms with Crippen LogP contribution in [-0.2, 0) is 6.54 Å². The highest BCUT2D eigenvalue weighted by atomic mass is 35.5. The first-order valence-electron chi connectivity index (χ1n) is 6.91. The van der Waals surface area contributed by atoms with E-state index in [1.165, 1.54) is 29.7 Å². The Balaban J connectivity index is 1.72. The van der Waals surface area contributed by atoms with Crippen molar-refractivity contribution < 1.29 is 13.9 Å². The normalized spacial score (nSPS) is 10.6. The molecule has 1 N–H and O–H groups in total. The Kier molecular flexibility index (Phi) is 4.73. The molecular formula is C16H11ClFN3O2S. The molecule has 3 aromatic rings. The maximum absolute atomic E-state index is 13.2. The zero-order chi connectivity index (χ0) is 17.1. The highest BCUT2D eigenvalue weighted by Gasteiger charge is 2.14. The third-order valence-corrected chi connectivity index (χ3v) is 4.42. The number of aromatic nitrogens is 2. The number of pyridine rings is 1. The summed E-state index contributed by atoms with van der Waals surface area (Å²) in [6.07, 6.45) is 1.36. The average Bonchev–Trinajstić information content (AvgIpc) is 3.06. The summed E-state index contributed by atoms with van der Waals surface area (Å²) in [5, 5.41) is 16.3. The first-order valence-corrected chi connectivity index (χ1v) is 8.16. The molecule has 0 aliphatic carbocycles. The standard InChI is InChI=1S/C16H11ClFN3O2S/c17-12-7-10(4-5-13(12)18)16-20-14(9-24-16)15(22)19-8-11-3-1-2-6-21(11)23/h1-7,9H,8H2,(H,19,22). The zero-order valence-corrected chi connectivity index (χ0v) is 13.8. The molecule has 5 nitrogen and oxygen atoms in total. The van der Waals surface area contributed by atoms with Crippen molar-refractivity contribution in [2.24, 2.45) is 0 Å². The number of hydrogen-bond donors (Lipinski definition) is 1. The fraction of sp³-hybridized carbons (Fsp3) is 0.0625. The van der Waals surface area contributed by atoms with Crippen molar-refractivity contribution in [2.45, 2.75) is 6.54 Å². The van der Waals surface area contributed by atoms with E-state index in [9.17, 15) is 14.4 Å². The minimum Gasteiger partial charge on any atom is -0.618 e. The molecule has 1 amide bonds. The summed E-state index contributed by atoms with van der Waals surface area (Å²) in [7, 11) is 0. The molecule has 0 fully saturated rings.